The van der Waals surface area contributed by atoms with Crippen molar-refractivity contribution in [2.45, 2.75) is 51.0 Å². The average Bonchev–Trinajstić information content (AvgIpc) is 2.76. The second kappa shape index (κ2) is 2.49. The van der Waals surface area contributed by atoms with Crippen LogP contribution in [0.5, 0.6) is 0 Å². The van der Waals surface area contributed by atoms with Crippen molar-refractivity contribution in [2.24, 2.45) is 5.41 Å². The van der Waals surface area contributed by atoms with Crippen LogP contribution in [-0.2, 0) is 4.79 Å². The highest BCUT2D eigenvalue weighted by molar-refractivity contribution is 5.79. The second-order valence-electron chi connectivity index (χ2n) is 4.96. The Labute approximate surface area is 79.3 Å². The lowest BCUT2D eigenvalue weighted by atomic mass is 9.78. The van der Waals surface area contributed by atoms with Gasteiger partial charge in [-0.2, -0.15) is 0 Å². The number of nitrogens with zero attached hydrogens (tertiary/aromatic N) is 1. The number of carbonyl (C=O) groups excluding carboxylic acids is 1. The fraction of sp³-hybridized carbons (Fsp3) is 0.909. The molecule has 1 amide bonds. The SMILES string of the molecule is O=C1CCC2N1CCC21CCCC1. The van der Waals surface area contributed by atoms with E-state index < -0.39 is 0 Å². The number of carbonyl (C=O) groups is 1. The van der Waals surface area contributed by atoms with Crippen LogP contribution in [-0.4, -0.2) is 23.4 Å². The van der Waals surface area contributed by atoms with E-state index in [9.17, 15) is 4.79 Å². The molecule has 0 N–H and O–H groups in total. The molecule has 0 aromatic carbocycles. The summed E-state index contributed by atoms with van der Waals surface area (Å²) >= 11 is 0. The molecule has 2 aliphatic heterocycles. The Morgan fingerprint density at radius 3 is 2.77 bits per heavy atom. The zero-order chi connectivity index (χ0) is 8.89. The van der Waals surface area contributed by atoms with Gasteiger partial charge in [0, 0.05) is 19.0 Å². The van der Waals surface area contributed by atoms with E-state index in [1.165, 1.54) is 32.1 Å². The molecule has 1 atom stereocenters. The van der Waals surface area contributed by atoms with Gasteiger partial charge < -0.3 is 4.90 Å². The van der Waals surface area contributed by atoms with Crippen molar-refractivity contribution in [3.8, 4) is 0 Å². The van der Waals surface area contributed by atoms with Gasteiger partial charge in [-0.3, -0.25) is 4.79 Å². The quantitative estimate of drug-likeness (QED) is 0.556. The van der Waals surface area contributed by atoms with Crippen molar-refractivity contribution in [3.05, 3.63) is 0 Å². The maximum atomic E-state index is 11.5. The summed E-state index contributed by atoms with van der Waals surface area (Å²) in [5, 5.41) is 0. The smallest absolute Gasteiger partial charge is 0.222 e. The van der Waals surface area contributed by atoms with Crippen molar-refractivity contribution in [3.63, 3.8) is 0 Å². The maximum Gasteiger partial charge on any atom is 0.222 e. The monoisotopic (exact) mass is 179 g/mol. The summed E-state index contributed by atoms with van der Waals surface area (Å²) in [6, 6.07) is 0.641. The highest BCUT2D eigenvalue weighted by atomic mass is 16.2. The van der Waals surface area contributed by atoms with E-state index in [1.807, 2.05) is 0 Å². The highest BCUT2D eigenvalue weighted by Crippen LogP contribution is 2.52. The maximum absolute atomic E-state index is 11.5. The molecule has 2 nitrogen and oxygen atoms in total. The standard InChI is InChI=1S/C11H17NO/c13-10-4-3-9-11(5-1-2-6-11)7-8-12(9)10/h9H,1-8H2. The minimum atomic E-state index is 0.425. The lowest BCUT2D eigenvalue weighted by molar-refractivity contribution is -0.128. The number of hydrogen-bond acceptors (Lipinski definition) is 1. The Kier molecular flexibility index (Phi) is 1.50. The lowest BCUT2D eigenvalue weighted by Gasteiger charge is -2.30. The van der Waals surface area contributed by atoms with Gasteiger partial charge in [-0.25, -0.2) is 0 Å². The van der Waals surface area contributed by atoms with Crippen molar-refractivity contribution >= 4 is 5.91 Å². The first-order valence-corrected chi connectivity index (χ1v) is 5.61. The zero-order valence-electron chi connectivity index (χ0n) is 8.09. The Morgan fingerprint density at radius 2 is 2.00 bits per heavy atom. The Balaban J connectivity index is 1.89. The molecule has 3 rings (SSSR count). The molecule has 2 saturated heterocycles. The fourth-order valence-corrected chi connectivity index (χ4v) is 3.82. The van der Waals surface area contributed by atoms with Crippen LogP contribution in [0.1, 0.15) is 44.9 Å². The molecular formula is C11H17NO. The predicted molar refractivity (Wildman–Crippen MR) is 50.3 cm³/mol. The molecule has 1 saturated carbocycles. The molecule has 2 heteroatoms. The van der Waals surface area contributed by atoms with E-state index in [4.69, 9.17) is 0 Å². The Hall–Kier alpha value is -0.530. The molecule has 1 aliphatic carbocycles. The van der Waals surface area contributed by atoms with Crippen molar-refractivity contribution in [2.75, 3.05) is 6.54 Å². The Bertz CT molecular complexity index is 242. The van der Waals surface area contributed by atoms with Gasteiger partial charge in [0.2, 0.25) is 5.91 Å². The molecule has 0 aromatic rings. The number of amides is 1. The van der Waals surface area contributed by atoms with E-state index in [0.29, 0.717) is 17.4 Å². The third-order valence-corrected chi connectivity index (χ3v) is 4.49. The van der Waals surface area contributed by atoms with Crippen molar-refractivity contribution in [1.29, 1.82) is 0 Å². The molecule has 72 valence electrons. The molecule has 0 aromatic heterocycles. The molecule has 1 unspecified atom stereocenters. The first kappa shape index (κ1) is 7.84. The summed E-state index contributed by atoms with van der Waals surface area (Å²) in [5.41, 5.74) is 0.576. The van der Waals surface area contributed by atoms with Gasteiger partial charge in [-0.15, -0.1) is 0 Å². The lowest BCUT2D eigenvalue weighted by Crippen LogP contribution is -2.34. The predicted octanol–water partition coefficient (Wildman–Crippen LogP) is 1.94. The first-order valence-electron chi connectivity index (χ1n) is 5.61. The van der Waals surface area contributed by atoms with Crippen LogP contribution in [0.2, 0.25) is 0 Å². The van der Waals surface area contributed by atoms with Crippen molar-refractivity contribution in [1.82, 2.24) is 4.90 Å². The molecule has 0 radical (unpaired) electrons. The third kappa shape index (κ3) is 0.918. The second-order valence-corrected chi connectivity index (χ2v) is 4.96. The number of hydrogen-bond donors (Lipinski definition) is 0. The fourth-order valence-electron chi connectivity index (χ4n) is 3.82. The first-order chi connectivity index (χ1) is 6.32. The highest BCUT2D eigenvalue weighted by Gasteiger charge is 2.52. The minimum Gasteiger partial charge on any atom is -0.339 e. The van der Waals surface area contributed by atoms with Crippen LogP contribution in [0.4, 0.5) is 0 Å². The molecule has 0 bridgehead atoms. The normalized spacial score (nSPS) is 36.2. The van der Waals surface area contributed by atoms with Crippen molar-refractivity contribution < 1.29 is 4.79 Å². The van der Waals surface area contributed by atoms with E-state index in [0.717, 1.165) is 19.4 Å². The summed E-state index contributed by atoms with van der Waals surface area (Å²) in [5.74, 6) is 0.425. The molecular weight excluding hydrogens is 162 g/mol. The van der Waals surface area contributed by atoms with Crippen LogP contribution in [0.25, 0.3) is 0 Å². The van der Waals surface area contributed by atoms with E-state index in [1.54, 1.807) is 0 Å². The van der Waals surface area contributed by atoms with Crippen LogP contribution < -0.4 is 0 Å². The molecule has 2 heterocycles. The number of rotatable bonds is 0. The summed E-state index contributed by atoms with van der Waals surface area (Å²) in [6.45, 7) is 1.06. The van der Waals surface area contributed by atoms with Gasteiger partial charge >= 0.3 is 0 Å². The van der Waals surface area contributed by atoms with Crippen LogP contribution in [0.15, 0.2) is 0 Å². The van der Waals surface area contributed by atoms with Crippen LogP contribution >= 0.6 is 0 Å². The van der Waals surface area contributed by atoms with E-state index in [2.05, 4.69) is 4.90 Å². The van der Waals surface area contributed by atoms with E-state index in [-0.39, 0.29) is 0 Å². The summed E-state index contributed by atoms with van der Waals surface area (Å²) < 4.78 is 0. The number of fused-ring (bicyclic) bond motifs is 2. The summed E-state index contributed by atoms with van der Waals surface area (Å²) in [7, 11) is 0. The third-order valence-electron chi connectivity index (χ3n) is 4.49. The van der Waals surface area contributed by atoms with Gasteiger partial charge in [-0.05, 0) is 31.1 Å². The van der Waals surface area contributed by atoms with Gasteiger partial charge in [0.1, 0.15) is 0 Å². The Morgan fingerprint density at radius 1 is 1.23 bits per heavy atom. The summed E-state index contributed by atoms with van der Waals surface area (Å²) in [6.07, 6.45) is 8.86. The topological polar surface area (TPSA) is 20.3 Å². The molecule has 3 aliphatic rings. The van der Waals surface area contributed by atoms with Gasteiger partial charge in [0.05, 0.1) is 0 Å². The van der Waals surface area contributed by atoms with Crippen LogP contribution in [0.3, 0.4) is 0 Å². The minimum absolute atomic E-state index is 0.425. The zero-order valence-corrected chi connectivity index (χ0v) is 8.09. The molecule has 13 heavy (non-hydrogen) atoms. The van der Waals surface area contributed by atoms with Crippen LogP contribution in [0, 0.1) is 5.41 Å². The van der Waals surface area contributed by atoms with E-state index >= 15 is 0 Å². The van der Waals surface area contributed by atoms with Gasteiger partial charge in [0.15, 0.2) is 0 Å². The molecule has 3 fully saturated rings. The summed E-state index contributed by atoms with van der Waals surface area (Å²) in [4.78, 5) is 13.7. The molecule has 1 spiro atoms. The average molecular weight is 179 g/mol. The van der Waals surface area contributed by atoms with Gasteiger partial charge in [-0.1, -0.05) is 12.8 Å². The van der Waals surface area contributed by atoms with Gasteiger partial charge in [0.25, 0.3) is 0 Å². The largest absolute Gasteiger partial charge is 0.339 e.